The number of nitrogens with two attached hydrogens (primary N) is 1. The van der Waals surface area contributed by atoms with Crippen LogP contribution in [0.25, 0.3) is 0 Å². The van der Waals surface area contributed by atoms with E-state index in [4.69, 9.17) is 22.1 Å². The molecule has 104 valence electrons. The molecule has 0 fully saturated rings. The van der Waals surface area contributed by atoms with Crippen molar-refractivity contribution in [3.8, 4) is 11.5 Å². The van der Waals surface area contributed by atoms with Gasteiger partial charge in [0.25, 0.3) is 0 Å². The van der Waals surface area contributed by atoms with Gasteiger partial charge in [0.05, 0.1) is 5.02 Å². The van der Waals surface area contributed by atoms with Gasteiger partial charge in [-0.25, -0.2) is 4.79 Å². The standard InChI is InChI=1S/C15H14ClNO3/c1-2-9-5-3-4-6-13(9)20-14-11(15(18)19)7-10(17)8-12(14)16/h3-8H,2,17H2,1H3,(H,18,19). The van der Waals surface area contributed by atoms with Gasteiger partial charge in [-0.15, -0.1) is 0 Å². The van der Waals surface area contributed by atoms with E-state index in [0.717, 1.165) is 12.0 Å². The van der Waals surface area contributed by atoms with Crippen LogP contribution in [-0.2, 0) is 6.42 Å². The maximum atomic E-state index is 11.3. The summed E-state index contributed by atoms with van der Waals surface area (Å²) in [5.41, 5.74) is 6.81. The third-order valence-electron chi connectivity index (χ3n) is 2.86. The van der Waals surface area contributed by atoms with Crippen LogP contribution in [0.4, 0.5) is 5.69 Å². The number of hydrogen-bond donors (Lipinski definition) is 2. The van der Waals surface area contributed by atoms with Gasteiger partial charge in [-0.3, -0.25) is 0 Å². The van der Waals surface area contributed by atoms with E-state index in [9.17, 15) is 9.90 Å². The molecule has 2 aromatic rings. The minimum Gasteiger partial charge on any atom is -0.478 e. The van der Waals surface area contributed by atoms with Crippen LogP contribution in [0.15, 0.2) is 36.4 Å². The molecule has 0 heterocycles. The molecule has 0 aromatic heterocycles. The molecular weight excluding hydrogens is 278 g/mol. The number of benzene rings is 2. The molecule has 0 radical (unpaired) electrons. The molecule has 4 nitrogen and oxygen atoms in total. The first-order chi connectivity index (χ1) is 9.52. The van der Waals surface area contributed by atoms with Crippen molar-refractivity contribution in [2.75, 3.05) is 5.73 Å². The number of nitrogen functional groups attached to an aromatic ring is 1. The highest BCUT2D eigenvalue weighted by molar-refractivity contribution is 6.33. The number of anilines is 1. The Kier molecular flexibility index (Phi) is 4.15. The molecule has 2 rings (SSSR count). The number of halogens is 1. The monoisotopic (exact) mass is 291 g/mol. The lowest BCUT2D eigenvalue weighted by molar-refractivity contribution is 0.0694. The van der Waals surface area contributed by atoms with Crippen LogP contribution < -0.4 is 10.5 Å². The molecule has 0 spiro atoms. The Hall–Kier alpha value is -2.20. The van der Waals surface area contributed by atoms with Crippen molar-refractivity contribution in [2.24, 2.45) is 0 Å². The van der Waals surface area contributed by atoms with Gasteiger partial charge in [0.1, 0.15) is 11.3 Å². The Morgan fingerprint density at radius 2 is 2.05 bits per heavy atom. The summed E-state index contributed by atoms with van der Waals surface area (Å²) in [5, 5.41) is 9.40. The Morgan fingerprint density at radius 1 is 1.35 bits per heavy atom. The first-order valence-electron chi connectivity index (χ1n) is 6.11. The molecule has 0 aliphatic heterocycles. The summed E-state index contributed by atoms with van der Waals surface area (Å²) in [6.07, 6.45) is 0.769. The molecule has 0 unspecified atom stereocenters. The molecule has 0 amide bonds. The number of carbonyl (C=O) groups is 1. The number of rotatable bonds is 4. The highest BCUT2D eigenvalue weighted by atomic mass is 35.5. The van der Waals surface area contributed by atoms with E-state index in [0.29, 0.717) is 5.75 Å². The minimum absolute atomic E-state index is 0.0547. The van der Waals surface area contributed by atoms with E-state index in [1.54, 1.807) is 6.07 Å². The van der Waals surface area contributed by atoms with Crippen molar-refractivity contribution in [3.05, 3.63) is 52.5 Å². The van der Waals surface area contributed by atoms with Gasteiger partial charge in [-0.1, -0.05) is 36.7 Å². The number of para-hydroxylation sites is 1. The van der Waals surface area contributed by atoms with Crippen molar-refractivity contribution >= 4 is 23.3 Å². The molecule has 0 saturated heterocycles. The third kappa shape index (κ3) is 2.86. The largest absolute Gasteiger partial charge is 0.478 e. The van der Waals surface area contributed by atoms with E-state index in [-0.39, 0.29) is 22.0 Å². The van der Waals surface area contributed by atoms with Crippen LogP contribution in [-0.4, -0.2) is 11.1 Å². The van der Waals surface area contributed by atoms with Crippen LogP contribution in [0, 0.1) is 0 Å². The maximum absolute atomic E-state index is 11.3. The van der Waals surface area contributed by atoms with Gasteiger partial charge in [-0.2, -0.15) is 0 Å². The Balaban J connectivity index is 2.50. The molecule has 5 heteroatoms. The van der Waals surface area contributed by atoms with Gasteiger partial charge < -0.3 is 15.6 Å². The quantitative estimate of drug-likeness (QED) is 0.836. The highest BCUT2D eigenvalue weighted by Gasteiger charge is 2.18. The van der Waals surface area contributed by atoms with E-state index < -0.39 is 5.97 Å². The molecule has 0 atom stereocenters. The fourth-order valence-corrected chi connectivity index (χ4v) is 2.15. The highest BCUT2D eigenvalue weighted by Crippen LogP contribution is 2.36. The van der Waals surface area contributed by atoms with Gasteiger partial charge in [0.2, 0.25) is 0 Å². The Morgan fingerprint density at radius 3 is 2.70 bits per heavy atom. The fraction of sp³-hybridized carbons (Fsp3) is 0.133. The van der Waals surface area contributed by atoms with Crippen molar-refractivity contribution in [2.45, 2.75) is 13.3 Å². The second-order valence-electron chi connectivity index (χ2n) is 4.25. The fourth-order valence-electron chi connectivity index (χ4n) is 1.88. The number of aryl methyl sites for hydroxylation is 1. The van der Waals surface area contributed by atoms with Crippen molar-refractivity contribution in [1.82, 2.24) is 0 Å². The molecule has 0 aliphatic carbocycles. The SMILES string of the molecule is CCc1ccccc1Oc1c(Cl)cc(N)cc1C(=O)O. The molecule has 0 saturated carbocycles. The number of aromatic carboxylic acids is 1. The predicted molar refractivity (Wildman–Crippen MR) is 78.7 cm³/mol. The van der Waals surface area contributed by atoms with Crippen LogP contribution >= 0.6 is 11.6 Å². The minimum atomic E-state index is -1.14. The summed E-state index contributed by atoms with van der Waals surface area (Å²) in [5.74, 6) is -0.443. The number of ether oxygens (including phenoxy) is 1. The Labute approximate surface area is 121 Å². The summed E-state index contributed by atoms with van der Waals surface area (Å²) in [7, 11) is 0. The summed E-state index contributed by atoms with van der Waals surface area (Å²) in [6.45, 7) is 1.99. The summed E-state index contributed by atoms with van der Waals surface area (Å²) >= 11 is 6.06. The van der Waals surface area contributed by atoms with Crippen LogP contribution in [0.5, 0.6) is 11.5 Å². The molecule has 3 N–H and O–H groups in total. The molecule has 2 aromatic carbocycles. The summed E-state index contributed by atoms with van der Waals surface area (Å²) in [6, 6.07) is 10.2. The zero-order chi connectivity index (χ0) is 14.7. The zero-order valence-electron chi connectivity index (χ0n) is 10.9. The number of hydrogen-bond acceptors (Lipinski definition) is 3. The number of carboxylic acid groups (broad SMARTS) is 1. The Bertz CT molecular complexity index is 656. The van der Waals surface area contributed by atoms with Gasteiger partial charge in [-0.05, 0) is 30.2 Å². The van der Waals surface area contributed by atoms with Crippen molar-refractivity contribution < 1.29 is 14.6 Å². The van der Waals surface area contributed by atoms with Gasteiger partial charge >= 0.3 is 5.97 Å². The maximum Gasteiger partial charge on any atom is 0.339 e. The second kappa shape index (κ2) is 5.84. The van der Waals surface area contributed by atoms with E-state index in [2.05, 4.69) is 0 Å². The lowest BCUT2D eigenvalue weighted by Gasteiger charge is -2.14. The topological polar surface area (TPSA) is 72.5 Å². The third-order valence-corrected chi connectivity index (χ3v) is 3.14. The van der Waals surface area contributed by atoms with Gasteiger partial charge in [0, 0.05) is 5.69 Å². The van der Waals surface area contributed by atoms with Crippen molar-refractivity contribution in [3.63, 3.8) is 0 Å². The summed E-state index contributed by atoms with van der Waals surface area (Å²) in [4.78, 5) is 11.3. The molecule has 0 aliphatic rings. The molecule has 0 bridgehead atoms. The first kappa shape index (κ1) is 14.2. The summed E-state index contributed by atoms with van der Waals surface area (Å²) < 4.78 is 5.71. The molecule has 20 heavy (non-hydrogen) atoms. The second-order valence-corrected chi connectivity index (χ2v) is 4.66. The molecular formula is C15H14ClNO3. The van der Waals surface area contributed by atoms with Crippen LogP contribution in [0.2, 0.25) is 5.02 Å². The van der Waals surface area contributed by atoms with E-state index in [1.165, 1.54) is 12.1 Å². The normalized spacial score (nSPS) is 10.3. The average Bonchev–Trinajstić information content (AvgIpc) is 2.41. The first-order valence-corrected chi connectivity index (χ1v) is 6.48. The number of carboxylic acids is 1. The zero-order valence-corrected chi connectivity index (χ0v) is 11.6. The predicted octanol–water partition coefficient (Wildman–Crippen LogP) is 3.98. The van der Waals surface area contributed by atoms with E-state index >= 15 is 0 Å². The average molecular weight is 292 g/mol. The van der Waals surface area contributed by atoms with Crippen molar-refractivity contribution in [1.29, 1.82) is 0 Å². The lowest BCUT2D eigenvalue weighted by Crippen LogP contribution is -2.03. The van der Waals surface area contributed by atoms with Crippen LogP contribution in [0.3, 0.4) is 0 Å². The lowest BCUT2D eigenvalue weighted by atomic mass is 10.1. The van der Waals surface area contributed by atoms with Gasteiger partial charge in [0.15, 0.2) is 5.75 Å². The smallest absolute Gasteiger partial charge is 0.339 e. The van der Waals surface area contributed by atoms with Crippen LogP contribution in [0.1, 0.15) is 22.8 Å². The van der Waals surface area contributed by atoms with E-state index in [1.807, 2.05) is 25.1 Å².